The molecule has 2 rings (SSSR count). The predicted octanol–water partition coefficient (Wildman–Crippen LogP) is 5.78. The first-order valence-corrected chi connectivity index (χ1v) is 12.9. The second kappa shape index (κ2) is 12.2. The molecule has 0 heterocycles. The number of ether oxygens (including phenoxy) is 1. The molecule has 0 saturated carbocycles. The summed E-state index contributed by atoms with van der Waals surface area (Å²) in [5.74, 6) is -1.13. The number of benzene rings is 2. The molecule has 7 nitrogen and oxygen atoms in total. The van der Waals surface area contributed by atoms with Gasteiger partial charge < -0.3 is 20.7 Å². The molecule has 3 N–H and O–H groups in total. The first-order valence-electron chi connectivity index (χ1n) is 12.5. The molecule has 0 radical (unpaired) electrons. The van der Waals surface area contributed by atoms with E-state index in [-0.39, 0.29) is 24.1 Å². The van der Waals surface area contributed by atoms with Crippen LogP contribution >= 0.6 is 11.6 Å². The maximum Gasteiger partial charge on any atom is 0.407 e. The van der Waals surface area contributed by atoms with E-state index in [0.717, 1.165) is 5.56 Å². The molecule has 2 aromatic carbocycles. The lowest BCUT2D eigenvalue weighted by Gasteiger charge is -2.36. The van der Waals surface area contributed by atoms with Crippen molar-refractivity contribution in [1.82, 2.24) is 16.0 Å². The molecule has 0 fully saturated rings. The van der Waals surface area contributed by atoms with Gasteiger partial charge in [0.1, 0.15) is 17.0 Å². The van der Waals surface area contributed by atoms with E-state index >= 15 is 0 Å². The average Bonchev–Trinajstić information content (AvgIpc) is 2.72. The first kappa shape index (κ1) is 31.1. The molecule has 0 bridgehead atoms. The van der Waals surface area contributed by atoms with Crippen LogP contribution in [0.4, 0.5) is 9.18 Å². The van der Waals surface area contributed by atoms with Gasteiger partial charge in [0.15, 0.2) is 0 Å². The van der Waals surface area contributed by atoms with E-state index in [1.807, 2.05) is 32.9 Å². The molecule has 9 heteroatoms. The van der Waals surface area contributed by atoms with Gasteiger partial charge in [-0.15, -0.1) is 0 Å². The van der Waals surface area contributed by atoms with E-state index in [2.05, 4.69) is 16.0 Å². The normalized spacial score (nSPS) is 14.2. The van der Waals surface area contributed by atoms with Gasteiger partial charge in [0, 0.05) is 29.1 Å². The number of rotatable bonds is 8. The Morgan fingerprint density at radius 3 is 2.08 bits per heavy atom. The highest BCUT2D eigenvalue weighted by atomic mass is 35.5. The second-order valence-electron chi connectivity index (χ2n) is 11.8. The van der Waals surface area contributed by atoms with E-state index < -0.39 is 28.8 Å². The van der Waals surface area contributed by atoms with E-state index in [9.17, 15) is 18.8 Å². The number of carbonyl (C=O) groups excluding carboxylic acids is 3. The lowest BCUT2D eigenvalue weighted by atomic mass is 9.87. The fourth-order valence-corrected chi connectivity index (χ4v) is 4.20. The highest BCUT2D eigenvalue weighted by Gasteiger charge is 2.39. The summed E-state index contributed by atoms with van der Waals surface area (Å²) in [6.07, 6.45) is -0.213. The number of hydrogen-bond acceptors (Lipinski definition) is 4. The van der Waals surface area contributed by atoms with Crippen LogP contribution in [0, 0.1) is 5.82 Å². The van der Waals surface area contributed by atoms with Crippen LogP contribution < -0.4 is 16.0 Å². The Hall–Kier alpha value is -3.13. The standard InChI is InChI=1S/C29H39ClFN3O4/c1-18(35)33-29(8,25(36)34-27(2,3)4)17-22(32-26(37)38-28(5,6)7)15-19-9-11-20(12-10-19)23-16-21(30)13-14-24(23)31/h9-14,16,22H,15,17H2,1-8H3,(H,32,37)(H,33,35)(H,34,36)/t22-,29?/m1/s1. The zero-order valence-electron chi connectivity index (χ0n) is 23.4. The molecule has 2 atom stereocenters. The quantitative estimate of drug-likeness (QED) is 0.390. The van der Waals surface area contributed by atoms with Crippen molar-refractivity contribution in [3.63, 3.8) is 0 Å². The third-order valence-electron chi connectivity index (χ3n) is 5.49. The Morgan fingerprint density at radius 1 is 0.947 bits per heavy atom. The molecular formula is C29H39ClFN3O4. The lowest BCUT2D eigenvalue weighted by molar-refractivity contribution is -0.133. The summed E-state index contributed by atoms with van der Waals surface area (Å²) < 4.78 is 19.8. The zero-order valence-corrected chi connectivity index (χ0v) is 24.2. The SMILES string of the molecule is CC(=O)NC(C)(C[C@@H](Cc1ccc(-c2cc(Cl)ccc2F)cc1)NC(=O)OC(C)(C)C)C(=O)NC(C)(C)C. The van der Waals surface area contributed by atoms with Gasteiger partial charge in [-0.1, -0.05) is 35.9 Å². The highest BCUT2D eigenvalue weighted by Crippen LogP contribution is 2.27. The van der Waals surface area contributed by atoms with E-state index in [0.29, 0.717) is 22.6 Å². The number of halogens is 2. The Labute approximate surface area is 229 Å². The number of hydrogen-bond donors (Lipinski definition) is 3. The van der Waals surface area contributed by atoms with E-state index in [1.54, 1.807) is 45.9 Å². The minimum absolute atomic E-state index is 0.0956. The maximum atomic E-state index is 14.3. The Bertz CT molecular complexity index is 1160. The molecule has 0 saturated heterocycles. The molecule has 0 aliphatic rings. The average molecular weight is 548 g/mol. The Kier molecular flexibility index (Phi) is 9.94. The van der Waals surface area contributed by atoms with Crippen LogP contribution in [0.3, 0.4) is 0 Å². The van der Waals surface area contributed by atoms with Crippen molar-refractivity contribution >= 4 is 29.5 Å². The van der Waals surface area contributed by atoms with Gasteiger partial charge in [-0.05, 0) is 90.6 Å². The molecule has 0 aliphatic heterocycles. The molecule has 38 heavy (non-hydrogen) atoms. The summed E-state index contributed by atoms with van der Waals surface area (Å²) >= 11 is 6.04. The third-order valence-corrected chi connectivity index (χ3v) is 5.73. The van der Waals surface area contributed by atoms with Crippen molar-refractivity contribution in [2.45, 2.75) is 91.0 Å². The fraction of sp³-hybridized carbons (Fsp3) is 0.483. The van der Waals surface area contributed by atoms with Gasteiger partial charge in [-0.25, -0.2) is 9.18 Å². The molecule has 0 aliphatic carbocycles. The lowest BCUT2D eigenvalue weighted by Crippen LogP contribution is -2.62. The number of carbonyl (C=O) groups is 3. The van der Waals surface area contributed by atoms with Crippen molar-refractivity contribution in [3.05, 3.63) is 58.9 Å². The molecule has 0 spiro atoms. The van der Waals surface area contributed by atoms with Gasteiger partial charge >= 0.3 is 6.09 Å². The van der Waals surface area contributed by atoms with E-state index in [1.165, 1.54) is 19.1 Å². The summed E-state index contributed by atoms with van der Waals surface area (Å²) in [5.41, 5.74) is -0.706. The van der Waals surface area contributed by atoms with Gasteiger partial charge in [-0.3, -0.25) is 9.59 Å². The van der Waals surface area contributed by atoms with E-state index in [4.69, 9.17) is 16.3 Å². The van der Waals surface area contributed by atoms with Crippen molar-refractivity contribution in [2.24, 2.45) is 0 Å². The number of alkyl carbamates (subject to hydrolysis) is 1. The van der Waals surface area contributed by atoms with Gasteiger partial charge in [0.25, 0.3) is 0 Å². The predicted molar refractivity (Wildman–Crippen MR) is 148 cm³/mol. The van der Waals surface area contributed by atoms with Gasteiger partial charge in [0.2, 0.25) is 11.8 Å². The van der Waals surface area contributed by atoms with Crippen LogP contribution in [0.25, 0.3) is 11.1 Å². The molecule has 3 amide bonds. The minimum Gasteiger partial charge on any atom is -0.444 e. The molecule has 1 unspecified atom stereocenters. The molecular weight excluding hydrogens is 509 g/mol. The van der Waals surface area contributed by atoms with Crippen LogP contribution in [-0.2, 0) is 20.7 Å². The summed E-state index contributed by atoms with van der Waals surface area (Å²) in [7, 11) is 0. The minimum atomic E-state index is -1.32. The molecule has 0 aromatic heterocycles. The number of nitrogens with one attached hydrogen (secondary N) is 3. The second-order valence-corrected chi connectivity index (χ2v) is 12.2. The highest BCUT2D eigenvalue weighted by molar-refractivity contribution is 6.30. The first-order chi connectivity index (χ1) is 17.4. The Balaban J connectivity index is 2.37. The van der Waals surface area contributed by atoms with Crippen LogP contribution in [0.15, 0.2) is 42.5 Å². The molecule has 208 valence electrons. The van der Waals surface area contributed by atoms with Crippen LogP contribution in [-0.4, -0.2) is 40.6 Å². The summed E-state index contributed by atoms with van der Waals surface area (Å²) in [6, 6.07) is 11.0. The van der Waals surface area contributed by atoms with Crippen LogP contribution in [0.1, 0.15) is 67.4 Å². The van der Waals surface area contributed by atoms with Crippen LogP contribution in [0.2, 0.25) is 5.02 Å². The Morgan fingerprint density at radius 2 is 1.55 bits per heavy atom. The molecule has 2 aromatic rings. The largest absolute Gasteiger partial charge is 0.444 e. The van der Waals surface area contributed by atoms with Crippen molar-refractivity contribution in [1.29, 1.82) is 0 Å². The van der Waals surface area contributed by atoms with Crippen LogP contribution in [0.5, 0.6) is 0 Å². The van der Waals surface area contributed by atoms with Gasteiger partial charge in [0.05, 0.1) is 0 Å². The fourth-order valence-electron chi connectivity index (χ4n) is 4.03. The maximum absolute atomic E-state index is 14.3. The summed E-state index contributed by atoms with van der Waals surface area (Å²) in [5, 5.41) is 8.97. The monoisotopic (exact) mass is 547 g/mol. The van der Waals surface area contributed by atoms with Crippen molar-refractivity contribution in [3.8, 4) is 11.1 Å². The van der Waals surface area contributed by atoms with Gasteiger partial charge in [-0.2, -0.15) is 0 Å². The summed E-state index contributed by atoms with van der Waals surface area (Å²) in [4.78, 5) is 38.0. The smallest absolute Gasteiger partial charge is 0.407 e. The van der Waals surface area contributed by atoms with Crippen molar-refractivity contribution < 1.29 is 23.5 Å². The van der Waals surface area contributed by atoms with Crippen molar-refractivity contribution in [2.75, 3.05) is 0 Å². The summed E-state index contributed by atoms with van der Waals surface area (Å²) in [6.45, 7) is 13.8. The zero-order chi connectivity index (χ0) is 28.9. The topological polar surface area (TPSA) is 96.5 Å². The number of amides is 3. The third kappa shape index (κ3) is 9.97.